The largest absolute Gasteiger partial charge is 0.481 e. The first-order chi connectivity index (χ1) is 11.5. The minimum absolute atomic E-state index is 0. The van der Waals surface area contributed by atoms with E-state index in [2.05, 4.69) is 53.2 Å². The molecule has 6 nitrogen and oxygen atoms in total. The number of halogens is 1. The van der Waals surface area contributed by atoms with Gasteiger partial charge < -0.3 is 15.4 Å². The highest BCUT2D eigenvalue weighted by molar-refractivity contribution is 14.0. The third-order valence-electron chi connectivity index (χ3n) is 3.90. The van der Waals surface area contributed by atoms with Crippen molar-refractivity contribution in [1.82, 2.24) is 20.5 Å². The van der Waals surface area contributed by atoms with E-state index in [0.717, 1.165) is 31.0 Å². The van der Waals surface area contributed by atoms with E-state index in [1.807, 2.05) is 18.3 Å². The number of aromatic nitrogens is 1. The van der Waals surface area contributed by atoms with E-state index in [4.69, 9.17) is 4.74 Å². The molecule has 7 heteroatoms. The summed E-state index contributed by atoms with van der Waals surface area (Å²) in [5.41, 5.74) is 1.09. The summed E-state index contributed by atoms with van der Waals surface area (Å²) < 4.78 is 5.06. The molecule has 0 aliphatic rings. The molecule has 0 fully saturated rings. The fourth-order valence-electron chi connectivity index (χ4n) is 2.62. The van der Waals surface area contributed by atoms with Gasteiger partial charge in [-0.15, -0.1) is 24.0 Å². The van der Waals surface area contributed by atoms with Crippen molar-refractivity contribution in [3.63, 3.8) is 0 Å². The van der Waals surface area contributed by atoms with Crippen molar-refractivity contribution in [1.29, 1.82) is 0 Å². The SMILES string of the molecule is CN=C(NCCCN(C(C)C)C(C)C)NCc1ccc(OC)nc1.I. The lowest BCUT2D eigenvalue weighted by Crippen LogP contribution is -2.41. The van der Waals surface area contributed by atoms with Gasteiger partial charge in [-0.05, 0) is 39.7 Å². The second kappa shape index (κ2) is 13.2. The van der Waals surface area contributed by atoms with Gasteiger partial charge in [-0.3, -0.25) is 9.89 Å². The molecule has 0 amide bonds. The molecule has 1 heterocycles. The lowest BCUT2D eigenvalue weighted by Gasteiger charge is -2.30. The molecule has 0 unspecified atom stereocenters. The second-order valence-corrected chi connectivity index (χ2v) is 6.34. The maximum Gasteiger partial charge on any atom is 0.212 e. The number of pyridine rings is 1. The molecule has 0 saturated carbocycles. The quantitative estimate of drug-likeness (QED) is 0.255. The average molecular weight is 463 g/mol. The molecule has 0 aliphatic heterocycles. The molecule has 0 spiro atoms. The van der Waals surface area contributed by atoms with Crippen LogP contribution in [0.3, 0.4) is 0 Å². The maximum absolute atomic E-state index is 5.06. The zero-order valence-electron chi connectivity index (χ0n) is 16.4. The lowest BCUT2D eigenvalue weighted by atomic mass is 10.2. The van der Waals surface area contributed by atoms with Crippen molar-refractivity contribution in [3.8, 4) is 5.88 Å². The number of methoxy groups -OCH3 is 1. The van der Waals surface area contributed by atoms with Crippen molar-refractivity contribution < 1.29 is 4.74 Å². The highest BCUT2D eigenvalue weighted by Crippen LogP contribution is 2.06. The normalized spacial score (nSPS) is 11.6. The Labute approximate surface area is 169 Å². The Hall–Kier alpha value is -1.09. The van der Waals surface area contributed by atoms with Crippen LogP contribution in [-0.4, -0.2) is 55.2 Å². The van der Waals surface area contributed by atoms with Crippen molar-refractivity contribution in [2.45, 2.75) is 52.7 Å². The molecule has 1 aromatic heterocycles. The van der Waals surface area contributed by atoms with Crippen molar-refractivity contribution in [3.05, 3.63) is 23.9 Å². The Kier molecular flexibility index (Phi) is 12.6. The summed E-state index contributed by atoms with van der Waals surface area (Å²) in [6.45, 7) is 11.7. The monoisotopic (exact) mass is 463 g/mol. The van der Waals surface area contributed by atoms with Gasteiger partial charge >= 0.3 is 0 Å². The van der Waals surface area contributed by atoms with Crippen LogP contribution in [0.15, 0.2) is 23.3 Å². The van der Waals surface area contributed by atoms with Gasteiger partial charge in [-0.2, -0.15) is 0 Å². The van der Waals surface area contributed by atoms with Crippen LogP contribution in [0.25, 0.3) is 0 Å². The van der Waals surface area contributed by atoms with Gasteiger partial charge in [0.2, 0.25) is 5.88 Å². The molecule has 0 aromatic carbocycles. The average Bonchev–Trinajstić information content (AvgIpc) is 2.57. The van der Waals surface area contributed by atoms with Gasteiger partial charge in [0.25, 0.3) is 0 Å². The molecule has 0 atom stereocenters. The standard InChI is InChI=1S/C18H33N5O.HI/c1-14(2)23(15(3)4)11-7-10-20-18(19-5)22-13-16-8-9-17(24-6)21-12-16;/h8-9,12,14-15H,7,10-11,13H2,1-6H3,(H2,19,20,22);1H. The van der Waals surface area contributed by atoms with Crippen LogP contribution in [0, 0.1) is 0 Å². The number of guanidine groups is 1. The molecule has 1 aromatic rings. The summed E-state index contributed by atoms with van der Waals surface area (Å²) in [5, 5.41) is 6.66. The minimum Gasteiger partial charge on any atom is -0.481 e. The van der Waals surface area contributed by atoms with Crippen molar-refractivity contribution in [2.75, 3.05) is 27.2 Å². The van der Waals surface area contributed by atoms with Gasteiger partial charge in [0.05, 0.1) is 7.11 Å². The molecular weight excluding hydrogens is 429 g/mol. The highest BCUT2D eigenvalue weighted by Gasteiger charge is 2.12. The fraction of sp³-hybridized carbons (Fsp3) is 0.667. The van der Waals surface area contributed by atoms with E-state index in [1.54, 1.807) is 14.2 Å². The van der Waals surface area contributed by atoms with Crippen molar-refractivity contribution >= 4 is 29.9 Å². The van der Waals surface area contributed by atoms with Crippen LogP contribution >= 0.6 is 24.0 Å². The number of hydrogen-bond donors (Lipinski definition) is 2. The van der Waals surface area contributed by atoms with Crippen LogP contribution in [0.5, 0.6) is 5.88 Å². The molecule has 1 rings (SSSR count). The van der Waals surface area contributed by atoms with Crippen LogP contribution in [-0.2, 0) is 6.54 Å². The first kappa shape index (κ1) is 23.9. The van der Waals surface area contributed by atoms with E-state index < -0.39 is 0 Å². The molecule has 0 saturated heterocycles. The van der Waals surface area contributed by atoms with Gasteiger partial charge in [-0.1, -0.05) is 6.07 Å². The first-order valence-corrected chi connectivity index (χ1v) is 8.67. The summed E-state index contributed by atoms with van der Waals surface area (Å²) in [6.07, 6.45) is 2.89. The Morgan fingerprint density at radius 2 is 1.88 bits per heavy atom. The molecular formula is C18H34IN5O. The smallest absolute Gasteiger partial charge is 0.212 e. The molecule has 25 heavy (non-hydrogen) atoms. The topological polar surface area (TPSA) is 61.8 Å². The predicted molar refractivity (Wildman–Crippen MR) is 116 cm³/mol. The molecule has 0 bridgehead atoms. The van der Waals surface area contributed by atoms with Crippen LogP contribution in [0.1, 0.15) is 39.7 Å². The minimum atomic E-state index is 0. The lowest BCUT2D eigenvalue weighted by molar-refractivity contribution is 0.173. The third-order valence-corrected chi connectivity index (χ3v) is 3.90. The number of ether oxygens (including phenoxy) is 1. The van der Waals surface area contributed by atoms with Gasteiger partial charge in [0, 0.05) is 51.0 Å². The van der Waals surface area contributed by atoms with E-state index in [0.29, 0.717) is 24.5 Å². The Morgan fingerprint density at radius 1 is 1.20 bits per heavy atom. The summed E-state index contributed by atoms with van der Waals surface area (Å²) in [6, 6.07) is 5.00. The summed E-state index contributed by atoms with van der Waals surface area (Å²) in [5.74, 6) is 1.44. The van der Waals surface area contributed by atoms with E-state index >= 15 is 0 Å². The van der Waals surface area contributed by atoms with Crippen molar-refractivity contribution in [2.24, 2.45) is 4.99 Å². The maximum atomic E-state index is 5.06. The highest BCUT2D eigenvalue weighted by atomic mass is 127. The van der Waals surface area contributed by atoms with Gasteiger partial charge in [0.15, 0.2) is 5.96 Å². The fourth-order valence-corrected chi connectivity index (χ4v) is 2.62. The second-order valence-electron chi connectivity index (χ2n) is 6.34. The Bertz CT molecular complexity index is 483. The zero-order valence-corrected chi connectivity index (χ0v) is 18.7. The molecule has 0 aliphatic carbocycles. The number of aliphatic imine (C=N–C) groups is 1. The molecule has 2 N–H and O–H groups in total. The van der Waals surface area contributed by atoms with Gasteiger partial charge in [0.1, 0.15) is 0 Å². The number of nitrogens with one attached hydrogen (secondary N) is 2. The number of hydrogen-bond acceptors (Lipinski definition) is 4. The molecule has 144 valence electrons. The summed E-state index contributed by atoms with van der Waals surface area (Å²) in [4.78, 5) is 11.0. The first-order valence-electron chi connectivity index (χ1n) is 8.67. The van der Waals surface area contributed by atoms with Gasteiger partial charge in [-0.25, -0.2) is 4.98 Å². The Morgan fingerprint density at radius 3 is 2.36 bits per heavy atom. The van der Waals surface area contributed by atoms with E-state index in [9.17, 15) is 0 Å². The third kappa shape index (κ3) is 9.25. The number of rotatable bonds is 9. The van der Waals surface area contributed by atoms with Crippen LogP contribution in [0.2, 0.25) is 0 Å². The number of nitrogens with zero attached hydrogens (tertiary/aromatic N) is 3. The van der Waals surface area contributed by atoms with E-state index in [-0.39, 0.29) is 24.0 Å². The zero-order chi connectivity index (χ0) is 17.9. The molecule has 0 radical (unpaired) electrons. The van der Waals surface area contributed by atoms with Crippen LogP contribution in [0.4, 0.5) is 0 Å². The van der Waals surface area contributed by atoms with Crippen LogP contribution < -0.4 is 15.4 Å². The Balaban J connectivity index is 0.00000576. The summed E-state index contributed by atoms with van der Waals surface area (Å²) in [7, 11) is 3.40. The summed E-state index contributed by atoms with van der Waals surface area (Å²) >= 11 is 0. The predicted octanol–water partition coefficient (Wildman–Crippen LogP) is 2.88. The van der Waals surface area contributed by atoms with E-state index in [1.165, 1.54) is 0 Å².